The maximum Gasteiger partial charge on any atom is 0.164 e. The van der Waals surface area contributed by atoms with Crippen molar-refractivity contribution in [2.24, 2.45) is 0 Å². The summed E-state index contributed by atoms with van der Waals surface area (Å²) in [4.78, 5) is 30.2. The molecule has 0 aliphatic carbocycles. The lowest BCUT2D eigenvalue weighted by atomic mass is 10.00. The Balaban J connectivity index is 1.00. The Hall–Kier alpha value is -6.96. The number of pyridine rings is 1. The summed E-state index contributed by atoms with van der Waals surface area (Å²) in [6, 6.07) is 56.1. The second-order valence-corrected chi connectivity index (χ2v) is 13.8. The van der Waals surface area contributed by atoms with Crippen molar-refractivity contribution in [1.82, 2.24) is 29.9 Å². The summed E-state index contributed by atoms with van der Waals surface area (Å²) in [5, 5.41) is 2.16. The smallest absolute Gasteiger partial charge is 0.164 e. The normalized spacial score (nSPS) is 11.4. The van der Waals surface area contributed by atoms with Crippen LogP contribution in [-0.4, -0.2) is 29.9 Å². The van der Waals surface area contributed by atoms with Crippen LogP contribution in [0, 0.1) is 0 Å². The van der Waals surface area contributed by atoms with E-state index in [1.165, 1.54) is 5.56 Å². The van der Waals surface area contributed by atoms with Crippen molar-refractivity contribution in [1.29, 1.82) is 0 Å². The summed E-state index contributed by atoms with van der Waals surface area (Å²) in [5.41, 5.74) is 11.1. The average Bonchev–Trinajstić information content (AvgIpc) is 3.61. The topological polar surface area (TPSA) is 77.3 Å². The molecule has 0 unspecified atom stereocenters. The van der Waals surface area contributed by atoms with Crippen LogP contribution < -0.4 is 0 Å². The van der Waals surface area contributed by atoms with Crippen molar-refractivity contribution >= 4 is 42.7 Å². The summed E-state index contributed by atoms with van der Waals surface area (Å²) in [7, 11) is 0. The largest absolute Gasteiger partial charge is 0.237 e. The number of aromatic nitrogens is 6. The van der Waals surface area contributed by atoms with E-state index in [0.717, 1.165) is 76.0 Å². The van der Waals surface area contributed by atoms with Crippen LogP contribution >= 0.6 is 11.3 Å². The molecule has 0 N–H and O–H groups in total. The van der Waals surface area contributed by atoms with E-state index < -0.39 is 0 Å². The maximum absolute atomic E-state index is 4.98. The highest BCUT2D eigenvalue weighted by Gasteiger charge is 2.16. The van der Waals surface area contributed by atoms with Gasteiger partial charge in [0.15, 0.2) is 17.5 Å². The molecular formula is C46H28N6S. The summed E-state index contributed by atoms with van der Waals surface area (Å²) in [5.74, 6) is 1.89. The molecule has 10 rings (SSSR count). The fourth-order valence-electron chi connectivity index (χ4n) is 6.76. The van der Waals surface area contributed by atoms with Gasteiger partial charge in [0.25, 0.3) is 0 Å². The van der Waals surface area contributed by atoms with Crippen molar-refractivity contribution in [3.05, 3.63) is 170 Å². The number of para-hydroxylation sites is 1. The number of benzene rings is 6. The lowest BCUT2D eigenvalue weighted by Gasteiger charge is -2.10. The van der Waals surface area contributed by atoms with E-state index in [2.05, 4.69) is 109 Å². The molecule has 4 aromatic heterocycles. The third kappa shape index (κ3) is 5.79. The molecule has 0 spiro atoms. The fourth-order valence-corrected chi connectivity index (χ4v) is 7.89. The molecule has 6 aromatic carbocycles. The number of rotatable bonds is 6. The molecule has 4 heterocycles. The molecule has 0 saturated carbocycles. The van der Waals surface area contributed by atoms with E-state index in [1.807, 2.05) is 54.6 Å². The lowest BCUT2D eigenvalue weighted by Crippen LogP contribution is -2.00. The van der Waals surface area contributed by atoms with Crippen molar-refractivity contribution in [2.75, 3.05) is 0 Å². The first-order valence-electron chi connectivity index (χ1n) is 17.4. The Morgan fingerprint density at radius 1 is 0.377 bits per heavy atom. The molecule has 53 heavy (non-hydrogen) atoms. The van der Waals surface area contributed by atoms with Crippen molar-refractivity contribution in [3.8, 4) is 67.7 Å². The average molecular weight is 697 g/mol. The van der Waals surface area contributed by atoms with Crippen LogP contribution in [0.4, 0.5) is 0 Å². The zero-order valence-corrected chi connectivity index (χ0v) is 29.1. The number of hydrogen-bond acceptors (Lipinski definition) is 7. The molecule has 0 atom stereocenters. The highest BCUT2D eigenvalue weighted by Crippen LogP contribution is 2.39. The molecule has 248 valence electrons. The minimum atomic E-state index is 0.621. The predicted octanol–water partition coefficient (Wildman–Crippen LogP) is 11.6. The molecule has 10 aromatic rings. The Kier molecular flexibility index (Phi) is 7.55. The van der Waals surface area contributed by atoms with Gasteiger partial charge >= 0.3 is 0 Å². The Bertz CT molecular complexity index is 2930. The molecule has 7 heteroatoms. The first-order chi connectivity index (χ1) is 26.2. The van der Waals surface area contributed by atoms with Crippen LogP contribution in [0.25, 0.3) is 99.0 Å². The van der Waals surface area contributed by atoms with Crippen molar-refractivity contribution in [3.63, 3.8) is 0 Å². The van der Waals surface area contributed by atoms with Crippen molar-refractivity contribution < 1.29 is 0 Å². The van der Waals surface area contributed by atoms with Gasteiger partial charge in [-0.25, -0.2) is 29.9 Å². The summed E-state index contributed by atoms with van der Waals surface area (Å²) < 4.78 is 1.03. The van der Waals surface area contributed by atoms with Crippen LogP contribution in [0.15, 0.2) is 170 Å². The number of hydrogen-bond donors (Lipinski definition) is 0. The van der Waals surface area contributed by atoms with Crippen LogP contribution in [0.1, 0.15) is 0 Å². The first kappa shape index (κ1) is 30.8. The molecule has 0 radical (unpaired) electrons. The number of thiophene rings is 1. The van der Waals surface area contributed by atoms with Gasteiger partial charge in [-0.05, 0) is 40.5 Å². The van der Waals surface area contributed by atoms with Crippen LogP contribution in [0.3, 0.4) is 0 Å². The first-order valence-corrected chi connectivity index (χ1v) is 18.2. The monoisotopic (exact) mass is 696 g/mol. The molecule has 0 fully saturated rings. The Morgan fingerprint density at radius 3 is 1.57 bits per heavy atom. The van der Waals surface area contributed by atoms with Crippen LogP contribution in [0.2, 0.25) is 0 Å². The van der Waals surface area contributed by atoms with E-state index >= 15 is 0 Å². The second kappa shape index (κ2) is 13.0. The lowest BCUT2D eigenvalue weighted by molar-refractivity contribution is 1.07. The Labute approximate surface area is 309 Å². The summed E-state index contributed by atoms with van der Waals surface area (Å²) >= 11 is 1.64. The van der Waals surface area contributed by atoms with Gasteiger partial charge in [-0.15, -0.1) is 11.3 Å². The standard InChI is InChI=1S/C46H28N6S/c1-3-10-29(11-4-1)30-18-22-33(23-19-30)44-50-43(32-12-5-2-6-13-32)51-45(52-44)34-24-20-31(21-25-34)35-15-9-16-37(26-35)40-42-41(48-28-47-40)38-27-36-14-7-8-17-39(36)49-46(38)53-42/h1-28H. The SMILES string of the molecule is c1ccc(-c2ccc(-c3nc(-c4ccccc4)nc(-c4ccc(-c5cccc(-c6ncnc7c6sc6nc8ccccc8cc67)c5)cc4)n3)cc2)cc1. The molecular weight excluding hydrogens is 669 g/mol. The minimum absolute atomic E-state index is 0.621. The van der Waals surface area contributed by atoms with E-state index in [9.17, 15) is 0 Å². The molecule has 0 aliphatic rings. The number of nitrogens with zero attached hydrogens (tertiary/aromatic N) is 6. The van der Waals surface area contributed by atoms with Crippen molar-refractivity contribution in [2.45, 2.75) is 0 Å². The summed E-state index contributed by atoms with van der Waals surface area (Å²) in [6.07, 6.45) is 1.66. The van der Waals surface area contributed by atoms with Gasteiger partial charge in [-0.1, -0.05) is 146 Å². The maximum atomic E-state index is 4.98. The van der Waals surface area contributed by atoms with Gasteiger partial charge in [0.1, 0.15) is 11.2 Å². The van der Waals surface area contributed by atoms with Crippen LogP contribution in [-0.2, 0) is 0 Å². The second-order valence-electron chi connectivity index (χ2n) is 12.8. The summed E-state index contributed by atoms with van der Waals surface area (Å²) in [6.45, 7) is 0. The molecule has 0 saturated heterocycles. The zero-order valence-electron chi connectivity index (χ0n) is 28.3. The predicted molar refractivity (Wildman–Crippen MR) is 216 cm³/mol. The Morgan fingerprint density at radius 2 is 0.887 bits per heavy atom. The highest BCUT2D eigenvalue weighted by molar-refractivity contribution is 7.25. The highest BCUT2D eigenvalue weighted by atomic mass is 32.1. The van der Waals surface area contributed by atoms with Crippen LogP contribution in [0.5, 0.6) is 0 Å². The molecule has 6 nitrogen and oxygen atoms in total. The van der Waals surface area contributed by atoms with E-state index in [-0.39, 0.29) is 0 Å². The van der Waals surface area contributed by atoms with Gasteiger partial charge in [0.2, 0.25) is 0 Å². The quantitative estimate of drug-likeness (QED) is 0.172. The third-order valence-corrected chi connectivity index (χ3v) is 10.6. The molecule has 0 aliphatic heterocycles. The van der Waals surface area contributed by atoms with Gasteiger partial charge in [0.05, 0.1) is 21.4 Å². The minimum Gasteiger partial charge on any atom is -0.237 e. The van der Waals surface area contributed by atoms with E-state index in [1.54, 1.807) is 17.7 Å². The molecule has 0 bridgehead atoms. The van der Waals surface area contributed by atoms with Gasteiger partial charge in [-0.2, -0.15) is 0 Å². The van der Waals surface area contributed by atoms with Gasteiger partial charge < -0.3 is 0 Å². The fraction of sp³-hybridized carbons (Fsp3) is 0. The molecule has 0 amide bonds. The number of fused-ring (bicyclic) bond motifs is 4. The van der Waals surface area contributed by atoms with Gasteiger partial charge in [-0.3, -0.25) is 0 Å². The van der Waals surface area contributed by atoms with Gasteiger partial charge in [0, 0.05) is 33.0 Å². The third-order valence-electron chi connectivity index (χ3n) is 9.48. The van der Waals surface area contributed by atoms with E-state index in [0.29, 0.717) is 17.5 Å². The van der Waals surface area contributed by atoms with E-state index in [4.69, 9.17) is 29.9 Å². The zero-order chi connectivity index (χ0) is 35.1.